The second-order valence-corrected chi connectivity index (χ2v) is 9.80. The topological polar surface area (TPSA) is 57.5 Å². The van der Waals surface area contributed by atoms with E-state index in [-0.39, 0.29) is 6.10 Å². The Balaban J connectivity index is 3.04. The van der Waals surface area contributed by atoms with Gasteiger partial charge in [0.2, 0.25) is 0 Å². The minimum atomic E-state index is -0.655. The third-order valence-corrected chi connectivity index (χ3v) is 6.55. The highest BCUT2D eigenvalue weighted by Crippen LogP contribution is 2.16. The molecule has 0 rings (SSSR count). The SMILES string of the molecule is CCCC(O)CCCCCCCCCCCCCCCCCCCCCCCC(=O)O. The van der Waals surface area contributed by atoms with Gasteiger partial charge in [-0.2, -0.15) is 0 Å². The molecule has 0 fully saturated rings. The van der Waals surface area contributed by atoms with Crippen LogP contribution in [0.3, 0.4) is 0 Å². The Morgan fingerprint density at radius 3 is 1.10 bits per heavy atom. The first-order valence-electron chi connectivity index (χ1n) is 14.1. The summed E-state index contributed by atoms with van der Waals surface area (Å²) in [7, 11) is 0. The lowest BCUT2D eigenvalue weighted by Gasteiger charge is -2.08. The highest BCUT2D eigenvalue weighted by atomic mass is 16.4. The van der Waals surface area contributed by atoms with Gasteiger partial charge in [0.1, 0.15) is 0 Å². The van der Waals surface area contributed by atoms with Crippen LogP contribution in [-0.4, -0.2) is 22.3 Å². The van der Waals surface area contributed by atoms with Crippen molar-refractivity contribution in [2.24, 2.45) is 0 Å². The van der Waals surface area contributed by atoms with Crippen molar-refractivity contribution in [1.82, 2.24) is 0 Å². The number of aliphatic hydroxyl groups is 1. The first kappa shape index (κ1) is 30.4. The summed E-state index contributed by atoms with van der Waals surface area (Å²) < 4.78 is 0. The predicted molar refractivity (Wildman–Crippen MR) is 135 cm³/mol. The monoisotopic (exact) mass is 440 g/mol. The van der Waals surface area contributed by atoms with Crippen LogP contribution < -0.4 is 0 Å². The molecule has 3 nitrogen and oxygen atoms in total. The molecule has 1 atom stereocenters. The lowest BCUT2D eigenvalue weighted by atomic mass is 10.0. The maximum absolute atomic E-state index is 10.4. The largest absolute Gasteiger partial charge is 0.481 e. The van der Waals surface area contributed by atoms with Crippen LogP contribution in [-0.2, 0) is 4.79 Å². The van der Waals surface area contributed by atoms with Crippen LogP contribution in [0.4, 0.5) is 0 Å². The number of unbranched alkanes of at least 4 members (excludes halogenated alkanes) is 20. The molecule has 0 spiro atoms. The van der Waals surface area contributed by atoms with E-state index in [1.807, 2.05) is 0 Å². The summed E-state index contributed by atoms with van der Waals surface area (Å²) in [6.45, 7) is 2.14. The van der Waals surface area contributed by atoms with Crippen molar-refractivity contribution in [3.63, 3.8) is 0 Å². The molecule has 0 heterocycles. The highest BCUT2D eigenvalue weighted by Gasteiger charge is 2.01. The second kappa shape index (κ2) is 25.7. The Hall–Kier alpha value is -0.570. The fourth-order valence-corrected chi connectivity index (χ4v) is 4.49. The summed E-state index contributed by atoms with van der Waals surface area (Å²) in [5, 5.41) is 18.3. The Bertz CT molecular complexity index is 356. The number of aliphatic carboxylic acids is 1. The third-order valence-electron chi connectivity index (χ3n) is 6.55. The standard InChI is InChI=1S/C28H56O3/c1-2-24-27(29)25-22-20-18-16-14-12-10-8-6-4-3-5-7-9-11-13-15-17-19-21-23-26-28(30)31/h27,29H,2-26H2,1H3,(H,30,31). The van der Waals surface area contributed by atoms with Crippen molar-refractivity contribution in [2.45, 2.75) is 174 Å². The van der Waals surface area contributed by atoms with E-state index in [4.69, 9.17) is 5.11 Å². The zero-order chi connectivity index (χ0) is 22.8. The summed E-state index contributed by atoms with van der Waals surface area (Å²) in [6.07, 6.45) is 31.3. The van der Waals surface area contributed by atoms with Gasteiger partial charge in [0, 0.05) is 6.42 Å². The summed E-state index contributed by atoms with van der Waals surface area (Å²) in [6, 6.07) is 0. The molecule has 0 bridgehead atoms. The molecule has 0 amide bonds. The first-order valence-corrected chi connectivity index (χ1v) is 14.1. The van der Waals surface area contributed by atoms with Gasteiger partial charge in [-0.05, 0) is 19.3 Å². The van der Waals surface area contributed by atoms with Gasteiger partial charge < -0.3 is 10.2 Å². The van der Waals surface area contributed by atoms with Gasteiger partial charge in [-0.3, -0.25) is 4.79 Å². The van der Waals surface area contributed by atoms with Crippen LogP contribution in [0, 0.1) is 0 Å². The Kier molecular flexibility index (Phi) is 25.2. The van der Waals surface area contributed by atoms with Gasteiger partial charge in [0.15, 0.2) is 0 Å². The number of hydrogen-bond acceptors (Lipinski definition) is 2. The van der Waals surface area contributed by atoms with Crippen LogP contribution in [0.2, 0.25) is 0 Å². The smallest absolute Gasteiger partial charge is 0.303 e. The average Bonchev–Trinajstić information content (AvgIpc) is 2.74. The van der Waals surface area contributed by atoms with Crippen molar-refractivity contribution in [1.29, 1.82) is 0 Å². The Labute approximate surface area is 194 Å². The van der Waals surface area contributed by atoms with Crippen LogP contribution in [0.1, 0.15) is 167 Å². The molecule has 0 aliphatic carbocycles. The van der Waals surface area contributed by atoms with Gasteiger partial charge >= 0.3 is 5.97 Å². The first-order chi connectivity index (χ1) is 15.2. The van der Waals surface area contributed by atoms with Crippen molar-refractivity contribution < 1.29 is 15.0 Å². The predicted octanol–water partition coefficient (Wildman–Crippen LogP) is 9.20. The quantitative estimate of drug-likeness (QED) is 0.132. The van der Waals surface area contributed by atoms with Crippen LogP contribution in [0.15, 0.2) is 0 Å². The number of hydrogen-bond donors (Lipinski definition) is 2. The molecule has 3 heteroatoms. The molecule has 0 saturated heterocycles. The second-order valence-electron chi connectivity index (χ2n) is 9.80. The maximum Gasteiger partial charge on any atom is 0.303 e. The lowest BCUT2D eigenvalue weighted by Crippen LogP contribution is -2.04. The Morgan fingerprint density at radius 2 is 0.806 bits per heavy atom. The van der Waals surface area contributed by atoms with E-state index in [9.17, 15) is 9.90 Å². The number of carboxylic acid groups (broad SMARTS) is 1. The van der Waals surface area contributed by atoms with Crippen LogP contribution in [0.5, 0.6) is 0 Å². The number of carbonyl (C=O) groups is 1. The molecule has 0 aliphatic rings. The summed E-state index contributed by atoms with van der Waals surface area (Å²) >= 11 is 0. The van der Waals surface area contributed by atoms with Gasteiger partial charge in [-0.25, -0.2) is 0 Å². The molecule has 0 aliphatic heterocycles. The number of rotatable bonds is 26. The summed E-state index contributed by atoms with van der Waals surface area (Å²) in [5.74, 6) is -0.655. The molecule has 186 valence electrons. The van der Waals surface area contributed by atoms with E-state index in [0.29, 0.717) is 6.42 Å². The maximum atomic E-state index is 10.4. The van der Waals surface area contributed by atoms with Crippen LogP contribution in [0.25, 0.3) is 0 Å². The number of carboxylic acids is 1. The molecule has 2 N–H and O–H groups in total. The van der Waals surface area contributed by atoms with Gasteiger partial charge in [-0.1, -0.05) is 142 Å². The van der Waals surface area contributed by atoms with Crippen molar-refractivity contribution in [3.05, 3.63) is 0 Å². The molecule has 0 radical (unpaired) electrons. The normalized spacial score (nSPS) is 12.3. The lowest BCUT2D eigenvalue weighted by molar-refractivity contribution is -0.137. The minimum Gasteiger partial charge on any atom is -0.481 e. The molecular weight excluding hydrogens is 384 g/mol. The van der Waals surface area contributed by atoms with Gasteiger partial charge in [-0.15, -0.1) is 0 Å². The van der Waals surface area contributed by atoms with Gasteiger partial charge in [0.25, 0.3) is 0 Å². The van der Waals surface area contributed by atoms with Crippen molar-refractivity contribution in [2.75, 3.05) is 0 Å². The van der Waals surface area contributed by atoms with E-state index in [0.717, 1.165) is 32.1 Å². The van der Waals surface area contributed by atoms with Crippen LogP contribution >= 0.6 is 0 Å². The van der Waals surface area contributed by atoms with E-state index >= 15 is 0 Å². The van der Waals surface area contributed by atoms with E-state index in [1.165, 1.54) is 122 Å². The Morgan fingerprint density at radius 1 is 0.516 bits per heavy atom. The fourth-order valence-electron chi connectivity index (χ4n) is 4.49. The zero-order valence-corrected chi connectivity index (χ0v) is 21.1. The zero-order valence-electron chi connectivity index (χ0n) is 21.1. The summed E-state index contributed by atoms with van der Waals surface area (Å²) in [4.78, 5) is 10.4. The molecular formula is C28H56O3. The molecule has 31 heavy (non-hydrogen) atoms. The molecule has 0 aromatic rings. The van der Waals surface area contributed by atoms with Crippen molar-refractivity contribution in [3.8, 4) is 0 Å². The highest BCUT2D eigenvalue weighted by molar-refractivity contribution is 5.66. The van der Waals surface area contributed by atoms with Gasteiger partial charge in [0.05, 0.1) is 6.10 Å². The minimum absolute atomic E-state index is 0.0517. The molecule has 0 aromatic carbocycles. The summed E-state index contributed by atoms with van der Waals surface area (Å²) in [5.41, 5.74) is 0. The van der Waals surface area contributed by atoms with E-state index < -0.39 is 5.97 Å². The van der Waals surface area contributed by atoms with E-state index in [2.05, 4.69) is 6.92 Å². The molecule has 1 unspecified atom stereocenters. The average molecular weight is 441 g/mol. The molecule has 0 saturated carbocycles. The number of aliphatic hydroxyl groups excluding tert-OH is 1. The van der Waals surface area contributed by atoms with Crippen molar-refractivity contribution >= 4 is 5.97 Å². The third kappa shape index (κ3) is 27.4. The van der Waals surface area contributed by atoms with E-state index in [1.54, 1.807) is 0 Å². The fraction of sp³-hybridized carbons (Fsp3) is 0.964. The molecule has 0 aromatic heterocycles.